The highest BCUT2D eigenvalue weighted by atomic mass is 16.9. The molecule has 2 rings (SSSR count). The highest BCUT2D eigenvalue weighted by molar-refractivity contribution is 5.94. The van der Waals surface area contributed by atoms with Gasteiger partial charge in [0.25, 0.3) is 5.91 Å². The van der Waals surface area contributed by atoms with Gasteiger partial charge in [0.15, 0.2) is 5.72 Å². The maximum atomic E-state index is 11.8. The maximum absolute atomic E-state index is 11.8. The van der Waals surface area contributed by atoms with Gasteiger partial charge in [-0.3, -0.25) is 4.79 Å². The third-order valence-corrected chi connectivity index (χ3v) is 2.55. The summed E-state index contributed by atoms with van der Waals surface area (Å²) in [7, 11) is 0. The van der Waals surface area contributed by atoms with Crippen molar-refractivity contribution in [3.8, 4) is 0 Å². The molecular weight excluding hydrogens is 178 g/mol. The van der Waals surface area contributed by atoms with Crippen molar-refractivity contribution in [3.05, 3.63) is 35.9 Å². The Bertz CT molecular complexity index is 350. The van der Waals surface area contributed by atoms with Crippen LogP contribution in [0, 0.1) is 0 Å². The van der Waals surface area contributed by atoms with Gasteiger partial charge in [0.2, 0.25) is 0 Å². The molecule has 0 spiro atoms. The lowest BCUT2D eigenvalue weighted by atomic mass is 10.2. The monoisotopic (exact) mass is 191 g/mol. The maximum Gasteiger partial charge on any atom is 0.280 e. The van der Waals surface area contributed by atoms with Crippen molar-refractivity contribution < 1.29 is 9.63 Å². The largest absolute Gasteiger partial charge is 0.280 e. The second-order valence-electron chi connectivity index (χ2n) is 3.59. The van der Waals surface area contributed by atoms with Crippen molar-refractivity contribution in [3.63, 3.8) is 0 Å². The third-order valence-electron chi connectivity index (χ3n) is 2.55. The van der Waals surface area contributed by atoms with Crippen molar-refractivity contribution in [2.75, 3.05) is 0 Å². The first-order valence-electron chi connectivity index (χ1n) is 4.76. The van der Waals surface area contributed by atoms with E-state index in [9.17, 15) is 4.79 Å². The minimum absolute atomic E-state index is 0.0602. The number of rotatable bonds is 2. The van der Waals surface area contributed by atoms with Crippen molar-refractivity contribution in [2.24, 2.45) is 0 Å². The molecule has 1 fully saturated rings. The first-order valence-corrected chi connectivity index (χ1v) is 4.76. The summed E-state index contributed by atoms with van der Waals surface area (Å²) in [6, 6.07) is 9.17. The Kier molecular flexibility index (Phi) is 2.04. The molecule has 1 aliphatic rings. The molecule has 1 unspecified atom stereocenters. The second kappa shape index (κ2) is 3.10. The standard InChI is InChI=1S/C11H13NO2/c1-3-11(2)12(14-11)10(13)9-7-5-4-6-8-9/h4-8H,3H2,1-2H3. The van der Waals surface area contributed by atoms with Gasteiger partial charge in [0.05, 0.1) is 0 Å². The molecule has 0 saturated carbocycles. The zero-order chi connectivity index (χ0) is 10.2. The normalized spacial score (nSPS) is 24.9. The number of benzene rings is 1. The average Bonchev–Trinajstić information content (AvgIpc) is 2.92. The predicted molar refractivity (Wildman–Crippen MR) is 52.4 cm³/mol. The van der Waals surface area contributed by atoms with Crippen LogP contribution in [0.5, 0.6) is 0 Å². The van der Waals surface area contributed by atoms with Crippen LogP contribution in [0.2, 0.25) is 0 Å². The molecule has 1 aliphatic heterocycles. The first-order chi connectivity index (χ1) is 6.67. The smallest absolute Gasteiger partial charge is 0.267 e. The lowest BCUT2D eigenvalue weighted by molar-refractivity contribution is 0.0712. The fourth-order valence-corrected chi connectivity index (χ4v) is 1.34. The molecule has 74 valence electrons. The zero-order valence-electron chi connectivity index (χ0n) is 8.36. The van der Waals surface area contributed by atoms with Crippen molar-refractivity contribution in [1.29, 1.82) is 0 Å². The van der Waals surface area contributed by atoms with Crippen LogP contribution in [0.15, 0.2) is 30.3 Å². The first kappa shape index (κ1) is 9.21. The molecule has 0 N–H and O–H groups in total. The molecule has 0 aliphatic carbocycles. The van der Waals surface area contributed by atoms with Crippen molar-refractivity contribution >= 4 is 5.91 Å². The lowest BCUT2D eigenvalue weighted by Crippen LogP contribution is -2.19. The van der Waals surface area contributed by atoms with Crippen LogP contribution in [0.25, 0.3) is 0 Å². The van der Waals surface area contributed by atoms with Gasteiger partial charge in [-0.2, -0.15) is 5.06 Å². The Labute approximate surface area is 83.2 Å². The Balaban J connectivity index is 2.13. The molecule has 1 aromatic rings. The van der Waals surface area contributed by atoms with E-state index in [2.05, 4.69) is 0 Å². The van der Waals surface area contributed by atoms with Crippen LogP contribution in [-0.4, -0.2) is 16.7 Å². The summed E-state index contributed by atoms with van der Waals surface area (Å²) in [6.45, 7) is 3.91. The van der Waals surface area contributed by atoms with E-state index >= 15 is 0 Å². The van der Waals surface area contributed by atoms with Crippen LogP contribution >= 0.6 is 0 Å². The van der Waals surface area contributed by atoms with E-state index in [1.165, 1.54) is 5.06 Å². The van der Waals surface area contributed by atoms with Crippen LogP contribution < -0.4 is 0 Å². The summed E-state index contributed by atoms with van der Waals surface area (Å²) in [5.74, 6) is -0.0602. The highest BCUT2D eigenvalue weighted by Gasteiger charge is 2.52. The fraction of sp³-hybridized carbons (Fsp3) is 0.364. The molecular formula is C11H13NO2. The summed E-state index contributed by atoms with van der Waals surface area (Å²) in [4.78, 5) is 17.0. The van der Waals surface area contributed by atoms with E-state index in [-0.39, 0.29) is 11.6 Å². The zero-order valence-corrected chi connectivity index (χ0v) is 8.36. The van der Waals surface area contributed by atoms with Gasteiger partial charge in [0.1, 0.15) is 0 Å². The van der Waals surface area contributed by atoms with Crippen LogP contribution in [0.3, 0.4) is 0 Å². The summed E-state index contributed by atoms with van der Waals surface area (Å²) >= 11 is 0. The van der Waals surface area contributed by atoms with Gasteiger partial charge in [-0.1, -0.05) is 25.1 Å². The average molecular weight is 191 g/mol. The Morgan fingerprint density at radius 3 is 2.57 bits per heavy atom. The molecule has 3 nitrogen and oxygen atoms in total. The summed E-state index contributed by atoms with van der Waals surface area (Å²) < 4.78 is 0. The quantitative estimate of drug-likeness (QED) is 0.671. The molecule has 0 radical (unpaired) electrons. The van der Waals surface area contributed by atoms with Crippen LogP contribution in [0.1, 0.15) is 30.6 Å². The molecule has 1 atom stereocenters. The van der Waals surface area contributed by atoms with E-state index in [0.717, 1.165) is 6.42 Å². The lowest BCUT2D eigenvalue weighted by Gasteiger charge is -2.02. The Hall–Kier alpha value is -1.35. The van der Waals surface area contributed by atoms with Gasteiger partial charge in [-0.25, -0.2) is 4.84 Å². The van der Waals surface area contributed by atoms with E-state index < -0.39 is 0 Å². The number of hydroxylamine groups is 2. The number of amides is 1. The molecule has 1 aromatic carbocycles. The van der Waals surface area contributed by atoms with Gasteiger partial charge in [-0.15, -0.1) is 0 Å². The Morgan fingerprint density at radius 1 is 1.43 bits per heavy atom. The second-order valence-corrected chi connectivity index (χ2v) is 3.59. The third kappa shape index (κ3) is 1.40. The molecule has 1 amide bonds. The number of hydrogen-bond acceptors (Lipinski definition) is 2. The van der Waals surface area contributed by atoms with Crippen LogP contribution in [-0.2, 0) is 4.84 Å². The fourth-order valence-electron chi connectivity index (χ4n) is 1.34. The topological polar surface area (TPSA) is 32.6 Å². The highest BCUT2D eigenvalue weighted by Crippen LogP contribution is 2.38. The number of hydrogen-bond donors (Lipinski definition) is 0. The van der Waals surface area contributed by atoms with E-state index in [1.807, 2.05) is 32.0 Å². The minimum atomic E-state index is -0.382. The van der Waals surface area contributed by atoms with Gasteiger partial charge >= 0.3 is 0 Å². The molecule has 3 heteroatoms. The Morgan fingerprint density at radius 2 is 2.07 bits per heavy atom. The van der Waals surface area contributed by atoms with Crippen molar-refractivity contribution in [1.82, 2.24) is 5.06 Å². The van der Waals surface area contributed by atoms with E-state index in [1.54, 1.807) is 12.1 Å². The molecule has 1 heterocycles. The minimum Gasteiger partial charge on any atom is -0.267 e. The van der Waals surface area contributed by atoms with E-state index in [0.29, 0.717) is 5.56 Å². The molecule has 1 saturated heterocycles. The summed E-state index contributed by atoms with van der Waals surface area (Å²) in [5.41, 5.74) is 0.289. The predicted octanol–water partition coefficient (Wildman–Crippen LogP) is 2.20. The molecule has 0 bridgehead atoms. The summed E-state index contributed by atoms with van der Waals surface area (Å²) in [5, 5.41) is 1.43. The van der Waals surface area contributed by atoms with Crippen LogP contribution in [0.4, 0.5) is 0 Å². The number of nitrogens with zero attached hydrogens (tertiary/aromatic N) is 1. The summed E-state index contributed by atoms with van der Waals surface area (Å²) in [6.07, 6.45) is 0.811. The molecule has 0 aromatic heterocycles. The molecule has 14 heavy (non-hydrogen) atoms. The number of carbonyl (C=O) groups excluding carboxylic acids is 1. The van der Waals surface area contributed by atoms with Gasteiger partial charge in [0, 0.05) is 5.56 Å². The SMILES string of the molecule is CCC1(C)ON1C(=O)c1ccccc1. The number of carbonyl (C=O) groups is 1. The van der Waals surface area contributed by atoms with Gasteiger partial charge < -0.3 is 0 Å². The van der Waals surface area contributed by atoms with Crippen molar-refractivity contribution in [2.45, 2.75) is 26.0 Å². The van der Waals surface area contributed by atoms with Gasteiger partial charge in [-0.05, 0) is 25.5 Å². The van der Waals surface area contributed by atoms with E-state index in [4.69, 9.17) is 4.84 Å².